The van der Waals surface area contributed by atoms with Gasteiger partial charge in [-0.05, 0) is 12.0 Å². The molecule has 3 rings (SSSR count). The van der Waals surface area contributed by atoms with Crippen molar-refractivity contribution < 1.29 is 23.1 Å². The average Bonchev–Trinajstić information content (AvgIpc) is 2.98. The first-order valence-electron chi connectivity index (χ1n) is 7.31. The van der Waals surface area contributed by atoms with Crippen molar-refractivity contribution in [2.75, 3.05) is 0 Å². The number of nitrogens with zero attached hydrogens (tertiary/aromatic N) is 3. The van der Waals surface area contributed by atoms with E-state index in [2.05, 4.69) is 10.1 Å². The number of carboxylic acid groups (broad SMARTS) is 1. The van der Waals surface area contributed by atoms with Gasteiger partial charge in [0.2, 0.25) is 0 Å². The minimum Gasteiger partial charge on any atom is -0.477 e. The molecule has 0 radical (unpaired) electrons. The zero-order valence-corrected chi connectivity index (χ0v) is 12.7. The van der Waals surface area contributed by atoms with Crippen LogP contribution in [0.1, 0.15) is 35.7 Å². The normalized spacial score (nSPS) is 20.4. The monoisotopic (exact) mass is 337 g/mol. The Morgan fingerprint density at radius 3 is 2.54 bits per heavy atom. The largest absolute Gasteiger partial charge is 0.477 e. The fraction of sp³-hybridized carbons (Fsp3) is 0.312. The second-order valence-corrected chi connectivity index (χ2v) is 5.58. The summed E-state index contributed by atoms with van der Waals surface area (Å²) in [6.07, 6.45) is -4.36. The zero-order valence-electron chi connectivity index (χ0n) is 12.7. The highest BCUT2D eigenvalue weighted by atomic mass is 19.4. The van der Waals surface area contributed by atoms with E-state index in [-0.39, 0.29) is 23.5 Å². The van der Waals surface area contributed by atoms with Crippen LogP contribution in [-0.2, 0) is 5.54 Å². The molecule has 0 amide bonds. The van der Waals surface area contributed by atoms with Gasteiger partial charge in [-0.3, -0.25) is 0 Å². The van der Waals surface area contributed by atoms with E-state index in [9.17, 15) is 23.1 Å². The van der Waals surface area contributed by atoms with E-state index in [1.165, 1.54) is 6.92 Å². The van der Waals surface area contributed by atoms with E-state index in [0.717, 1.165) is 6.20 Å². The van der Waals surface area contributed by atoms with Crippen LogP contribution in [-0.4, -0.2) is 32.7 Å². The van der Waals surface area contributed by atoms with Gasteiger partial charge >= 0.3 is 12.1 Å². The first-order chi connectivity index (χ1) is 11.3. The number of aromatic nitrogens is 2. The molecule has 0 spiro atoms. The smallest absolute Gasteiger partial charge is 0.414 e. The number of aliphatic imine (C=N–C) groups is 1. The molecule has 1 aromatic carbocycles. The Labute approximate surface area is 135 Å². The van der Waals surface area contributed by atoms with Gasteiger partial charge in [0.25, 0.3) is 0 Å². The Kier molecular flexibility index (Phi) is 3.70. The first-order valence-corrected chi connectivity index (χ1v) is 7.31. The predicted molar refractivity (Wildman–Crippen MR) is 80.8 cm³/mol. The molecule has 0 bridgehead atoms. The third-order valence-corrected chi connectivity index (χ3v) is 4.30. The van der Waals surface area contributed by atoms with Crippen LogP contribution in [0.4, 0.5) is 19.0 Å². The predicted octanol–water partition coefficient (Wildman–Crippen LogP) is 3.77. The van der Waals surface area contributed by atoms with E-state index in [1.807, 2.05) is 0 Å². The number of carboxylic acids is 1. The van der Waals surface area contributed by atoms with Crippen molar-refractivity contribution in [3.05, 3.63) is 47.7 Å². The van der Waals surface area contributed by atoms with Gasteiger partial charge < -0.3 is 5.11 Å². The Morgan fingerprint density at radius 2 is 2.00 bits per heavy atom. The first kappa shape index (κ1) is 16.2. The Bertz CT molecular complexity index is 812. The molecule has 2 aromatic rings. The van der Waals surface area contributed by atoms with Crippen molar-refractivity contribution in [3.8, 4) is 0 Å². The number of hydrogen-bond donors (Lipinski definition) is 1. The molecule has 1 atom stereocenters. The van der Waals surface area contributed by atoms with Crippen molar-refractivity contribution in [2.45, 2.75) is 31.5 Å². The highest BCUT2D eigenvalue weighted by Gasteiger charge is 2.58. The number of aromatic carboxylic acids is 1. The molecule has 1 unspecified atom stereocenters. The maximum absolute atomic E-state index is 13.9. The maximum Gasteiger partial charge on any atom is 0.414 e. The van der Waals surface area contributed by atoms with Crippen LogP contribution in [0.2, 0.25) is 0 Å². The van der Waals surface area contributed by atoms with Gasteiger partial charge in [0.15, 0.2) is 11.4 Å². The number of benzene rings is 1. The van der Waals surface area contributed by atoms with Gasteiger partial charge in [-0.2, -0.15) is 18.3 Å². The van der Waals surface area contributed by atoms with Crippen LogP contribution in [0.5, 0.6) is 0 Å². The van der Waals surface area contributed by atoms with Crippen LogP contribution in [0.25, 0.3) is 0 Å². The summed E-state index contributed by atoms with van der Waals surface area (Å²) in [5, 5.41) is 12.9. The van der Waals surface area contributed by atoms with Gasteiger partial charge in [-0.25, -0.2) is 14.5 Å². The van der Waals surface area contributed by atoms with E-state index in [4.69, 9.17) is 0 Å². The second kappa shape index (κ2) is 5.47. The standard InChI is InChI=1S/C16H14F3N3O2/c1-2-15(16(17,18)19)8-12(10-6-4-3-5-7-10)21-13-11(14(23)24)9-20-22(13)15/h3-7,9H,2,8H2,1H3,(H,23,24). The number of fused-ring (bicyclic) bond motifs is 1. The molecule has 126 valence electrons. The number of carbonyl (C=O) groups is 1. The number of alkyl halides is 3. The summed E-state index contributed by atoms with van der Waals surface area (Å²) in [6, 6.07) is 8.45. The molecule has 2 heterocycles. The van der Waals surface area contributed by atoms with Gasteiger partial charge in [0.05, 0.1) is 11.9 Å². The van der Waals surface area contributed by atoms with Gasteiger partial charge in [-0.1, -0.05) is 37.3 Å². The van der Waals surface area contributed by atoms with Crippen LogP contribution in [0, 0.1) is 0 Å². The molecule has 0 aliphatic carbocycles. The lowest BCUT2D eigenvalue weighted by molar-refractivity contribution is -0.217. The molecule has 1 aliphatic rings. The van der Waals surface area contributed by atoms with Gasteiger partial charge in [0, 0.05) is 6.42 Å². The highest BCUT2D eigenvalue weighted by molar-refractivity contribution is 6.05. The average molecular weight is 337 g/mol. The summed E-state index contributed by atoms with van der Waals surface area (Å²) in [6.45, 7) is 1.41. The van der Waals surface area contributed by atoms with Crippen molar-refractivity contribution >= 4 is 17.5 Å². The lowest BCUT2D eigenvalue weighted by Crippen LogP contribution is -2.50. The van der Waals surface area contributed by atoms with E-state index >= 15 is 0 Å². The number of halogens is 3. The third kappa shape index (κ3) is 2.29. The van der Waals surface area contributed by atoms with E-state index in [0.29, 0.717) is 10.2 Å². The molecule has 8 heteroatoms. The fourth-order valence-electron chi connectivity index (χ4n) is 2.93. The summed E-state index contributed by atoms with van der Waals surface area (Å²) in [4.78, 5) is 15.5. The topological polar surface area (TPSA) is 67.5 Å². The quantitative estimate of drug-likeness (QED) is 0.927. The Hall–Kier alpha value is -2.64. The van der Waals surface area contributed by atoms with Gasteiger partial charge in [0.1, 0.15) is 5.56 Å². The molecule has 1 aliphatic heterocycles. The Balaban J connectivity index is 2.28. The summed E-state index contributed by atoms with van der Waals surface area (Å²) in [7, 11) is 0. The molecular weight excluding hydrogens is 323 g/mol. The van der Waals surface area contributed by atoms with Crippen LogP contribution in [0.15, 0.2) is 41.5 Å². The lowest BCUT2D eigenvalue weighted by Gasteiger charge is -2.38. The maximum atomic E-state index is 13.9. The lowest BCUT2D eigenvalue weighted by atomic mass is 9.85. The van der Waals surface area contributed by atoms with Crippen molar-refractivity contribution in [1.29, 1.82) is 0 Å². The molecule has 0 saturated carbocycles. The summed E-state index contributed by atoms with van der Waals surface area (Å²) in [5.41, 5.74) is -1.93. The van der Waals surface area contributed by atoms with Crippen molar-refractivity contribution in [3.63, 3.8) is 0 Å². The minimum absolute atomic E-state index is 0.199. The second-order valence-electron chi connectivity index (χ2n) is 5.58. The molecule has 5 nitrogen and oxygen atoms in total. The molecular formula is C16H14F3N3O2. The van der Waals surface area contributed by atoms with E-state index < -0.39 is 24.1 Å². The van der Waals surface area contributed by atoms with Crippen LogP contribution in [0.3, 0.4) is 0 Å². The summed E-state index contributed by atoms with van der Waals surface area (Å²) >= 11 is 0. The van der Waals surface area contributed by atoms with Crippen molar-refractivity contribution in [1.82, 2.24) is 9.78 Å². The van der Waals surface area contributed by atoms with Crippen molar-refractivity contribution in [2.24, 2.45) is 4.99 Å². The molecule has 24 heavy (non-hydrogen) atoms. The Morgan fingerprint density at radius 1 is 1.33 bits per heavy atom. The third-order valence-electron chi connectivity index (χ3n) is 4.30. The van der Waals surface area contributed by atoms with Gasteiger partial charge in [-0.15, -0.1) is 0 Å². The van der Waals surface area contributed by atoms with Crippen LogP contribution >= 0.6 is 0 Å². The number of hydrogen-bond acceptors (Lipinski definition) is 3. The zero-order chi connectivity index (χ0) is 17.5. The SMILES string of the molecule is CCC1(C(F)(F)F)CC(c2ccccc2)=Nc2c(C(=O)O)cnn21. The number of rotatable bonds is 3. The van der Waals surface area contributed by atoms with E-state index in [1.54, 1.807) is 30.3 Å². The minimum atomic E-state index is -4.60. The fourth-order valence-corrected chi connectivity index (χ4v) is 2.93. The molecule has 0 fully saturated rings. The van der Waals surface area contributed by atoms with Crippen LogP contribution < -0.4 is 0 Å². The summed E-state index contributed by atoms with van der Waals surface area (Å²) in [5.74, 6) is -1.63. The highest BCUT2D eigenvalue weighted by Crippen LogP contribution is 2.48. The molecule has 1 N–H and O–H groups in total. The molecule has 0 saturated heterocycles. The molecule has 1 aromatic heterocycles. The summed E-state index contributed by atoms with van der Waals surface area (Å²) < 4.78 is 42.4.